The number of carbonyl (C=O) groups is 2. The number of amides is 2. The summed E-state index contributed by atoms with van der Waals surface area (Å²) < 4.78 is 1.68. The molecule has 0 fully saturated rings. The highest BCUT2D eigenvalue weighted by Crippen LogP contribution is 2.26. The number of hydrogen-bond donors (Lipinski definition) is 2. The van der Waals surface area contributed by atoms with Crippen LogP contribution in [-0.4, -0.2) is 16.4 Å². The number of nitrogens with two attached hydrogens (primary N) is 1. The second kappa shape index (κ2) is 8.17. The highest BCUT2D eigenvalue weighted by molar-refractivity contribution is 6.42. The van der Waals surface area contributed by atoms with Gasteiger partial charge in [0.15, 0.2) is 0 Å². The van der Waals surface area contributed by atoms with E-state index in [9.17, 15) is 14.9 Å². The van der Waals surface area contributed by atoms with Crippen LogP contribution in [0.2, 0.25) is 10.0 Å². The molecule has 0 saturated heterocycles. The van der Waals surface area contributed by atoms with E-state index < -0.39 is 11.8 Å². The average Bonchev–Trinajstić information content (AvgIpc) is 2.99. The molecule has 0 unspecified atom stereocenters. The van der Waals surface area contributed by atoms with Crippen molar-refractivity contribution >= 4 is 57.7 Å². The lowest BCUT2D eigenvalue weighted by Gasteiger charge is -2.05. The number of nitrogens with zero attached hydrogens (tertiary/aromatic N) is 2. The van der Waals surface area contributed by atoms with Gasteiger partial charge in [0.1, 0.15) is 18.2 Å². The molecule has 3 aromatic rings. The maximum atomic E-state index is 12.5. The summed E-state index contributed by atoms with van der Waals surface area (Å²) in [5.74, 6) is -1.08. The molecule has 8 heteroatoms. The van der Waals surface area contributed by atoms with Crippen molar-refractivity contribution < 1.29 is 9.59 Å². The summed E-state index contributed by atoms with van der Waals surface area (Å²) in [6.45, 7) is -0.00822. The summed E-state index contributed by atoms with van der Waals surface area (Å²) in [5.41, 5.74) is 7.00. The van der Waals surface area contributed by atoms with Crippen LogP contribution in [0.25, 0.3) is 17.0 Å². The average molecular weight is 413 g/mol. The molecule has 0 bridgehead atoms. The number of rotatable bonds is 5. The normalized spacial score (nSPS) is 11.2. The molecule has 0 spiro atoms. The lowest BCUT2D eigenvalue weighted by Crippen LogP contribution is -2.17. The van der Waals surface area contributed by atoms with Gasteiger partial charge in [0.2, 0.25) is 5.91 Å². The highest BCUT2D eigenvalue weighted by atomic mass is 35.5. The number of halogens is 2. The van der Waals surface area contributed by atoms with Gasteiger partial charge in [0.25, 0.3) is 5.91 Å². The first-order valence-corrected chi connectivity index (χ1v) is 8.89. The van der Waals surface area contributed by atoms with Gasteiger partial charge in [-0.05, 0) is 30.3 Å². The van der Waals surface area contributed by atoms with E-state index in [2.05, 4.69) is 5.32 Å². The number of hydrogen-bond acceptors (Lipinski definition) is 3. The Bertz CT molecular complexity index is 1160. The van der Waals surface area contributed by atoms with Crippen molar-refractivity contribution in [2.24, 2.45) is 5.73 Å². The molecule has 0 atom stereocenters. The zero-order chi connectivity index (χ0) is 20.3. The first kappa shape index (κ1) is 19.5. The molecule has 1 aromatic heterocycles. The fourth-order valence-corrected chi connectivity index (χ4v) is 3.06. The van der Waals surface area contributed by atoms with Gasteiger partial charge in [0.05, 0.1) is 10.0 Å². The number of nitriles is 1. The summed E-state index contributed by atoms with van der Waals surface area (Å²) in [5, 5.41) is 13.5. The first-order valence-electron chi connectivity index (χ1n) is 8.13. The van der Waals surface area contributed by atoms with Gasteiger partial charge in [-0.3, -0.25) is 9.59 Å². The number of fused-ring (bicyclic) bond motifs is 1. The van der Waals surface area contributed by atoms with Gasteiger partial charge in [-0.25, -0.2) is 0 Å². The first-order chi connectivity index (χ1) is 13.4. The zero-order valence-electron chi connectivity index (χ0n) is 14.4. The maximum absolute atomic E-state index is 12.5. The third kappa shape index (κ3) is 4.17. The Hall–Kier alpha value is -3.27. The van der Waals surface area contributed by atoms with Crippen molar-refractivity contribution in [2.75, 3.05) is 5.32 Å². The van der Waals surface area contributed by atoms with Gasteiger partial charge in [-0.2, -0.15) is 5.26 Å². The second-order valence-corrected chi connectivity index (χ2v) is 6.76. The number of anilines is 1. The van der Waals surface area contributed by atoms with Gasteiger partial charge >= 0.3 is 0 Å². The SMILES string of the molecule is N#C/C(=C\c1cn(CC(N)=O)c2ccccc12)C(=O)Nc1ccc(Cl)c(Cl)c1. The van der Waals surface area contributed by atoms with Crippen LogP contribution in [0.4, 0.5) is 5.69 Å². The maximum Gasteiger partial charge on any atom is 0.266 e. The molecule has 0 aliphatic rings. The molecule has 2 amide bonds. The third-order valence-electron chi connectivity index (χ3n) is 3.99. The van der Waals surface area contributed by atoms with Crippen molar-refractivity contribution in [1.82, 2.24) is 4.57 Å². The van der Waals surface area contributed by atoms with E-state index in [1.54, 1.807) is 22.9 Å². The minimum Gasteiger partial charge on any atom is -0.368 e. The molecular formula is C20H14Cl2N4O2. The molecule has 0 aliphatic heterocycles. The lowest BCUT2D eigenvalue weighted by molar-refractivity contribution is -0.118. The van der Waals surface area contributed by atoms with Gasteiger partial charge in [-0.15, -0.1) is 0 Å². The molecule has 6 nitrogen and oxygen atoms in total. The molecule has 3 rings (SSSR count). The van der Waals surface area contributed by atoms with Crippen molar-refractivity contribution in [2.45, 2.75) is 6.54 Å². The molecule has 0 radical (unpaired) electrons. The van der Waals surface area contributed by atoms with Crippen LogP contribution in [0.15, 0.2) is 54.2 Å². The van der Waals surface area contributed by atoms with E-state index in [0.717, 1.165) is 10.9 Å². The van der Waals surface area contributed by atoms with Crippen molar-refractivity contribution in [3.05, 3.63) is 69.8 Å². The van der Waals surface area contributed by atoms with Crippen molar-refractivity contribution in [1.29, 1.82) is 5.26 Å². The predicted molar refractivity (Wildman–Crippen MR) is 110 cm³/mol. The monoisotopic (exact) mass is 412 g/mol. The molecule has 28 heavy (non-hydrogen) atoms. The smallest absolute Gasteiger partial charge is 0.266 e. The van der Waals surface area contributed by atoms with Gasteiger partial charge < -0.3 is 15.6 Å². The standard InChI is InChI=1S/C20H14Cl2N4O2/c21-16-6-5-14(8-17(16)22)25-20(28)12(9-23)7-13-10-26(11-19(24)27)18-4-2-1-3-15(13)18/h1-8,10H,11H2,(H2,24,27)(H,25,28)/b12-7+. The Morgan fingerprint density at radius 3 is 2.61 bits per heavy atom. The number of benzene rings is 2. The minimum atomic E-state index is -0.590. The Morgan fingerprint density at radius 2 is 1.93 bits per heavy atom. The van der Waals surface area contributed by atoms with E-state index in [0.29, 0.717) is 16.3 Å². The summed E-state index contributed by atoms with van der Waals surface area (Å²) in [6, 6.07) is 13.9. The van der Waals surface area contributed by atoms with Crippen molar-refractivity contribution in [3.8, 4) is 6.07 Å². The third-order valence-corrected chi connectivity index (χ3v) is 4.73. The highest BCUT2D eigenvalue weighted by Gasteiger charge is 2.14. The fraction of sp³-hybridized carbons (Fsp3) is 0.0500. The van der Waals surface area contributed by atoms with Crippen LogP contribution in [0, 0.1) is 11.3 Å². The second-order valence-electron chi connectivity index (χ2n) is 5.95. The summed E-state index contributed by atoms with van der Waals surface area (Å²) in [4.78, 5) is 23.8. The Balaban J connectivity index is 1.96. The van der Waals surface area contributed by atoms with Crippen LogP contribution in [-0.2, 0) is 16.1 Å². The molecule has 140 valence electrons. The summed E-state index contributed by atoms with van der Waals surface area (Å²) in [7, 11) is 0. The number of para-hydroxylation sites is 1. The molecule has 2 aromatic carbocycles. The molecule has 3 N–H and O–H groups in total. The van der Waals surface area contributed by atoms with E-state index in [1.807, 2.05) is 30.3 Å². The number of primary amides is 1. The summed E-state index contributed by atoms with van der Waals surface area (Å²) >= 11 is 11.8. The Labute approximate surface area is 170 Å². The Kier molecular flexibility index (Phi) is 5.69. The number of aromatic nitrogens is 1. The number of carbonyl (C=O) groups excluding carboxylic acids is 2. The molecular weight excluding hydrogens is 399 g/mol. The van der Waals surface area contributed by atoms with E-state index in [-0.39, 0.29) is 17.1 Å². The van der Waals surface area contributed by atoms with Crippen LogP contribution in [0.3, 0.4) is 0 Å². The minimum absolute atomic E-state index is 0.00822. The largest absolute Gasteiger partial charge is 0.368 e. The predicted octanol–water partition coefficient (Wildman–Crippen LogP) is 3.98. The topological polar surface area (TPSA) is 101 Å². The molecule has 0 saturated carbocycles. The summed E-state index contributed by atoms with van der Waals surface area (Å²) in [6.07, 6.45) is 3.14. The zero-order valence-corrected chi connectivity index (χ0v) is 16.0. The van der Waals surface area contributed by atoms with E-state index in [1.165, 1.54) is 12.1 Å². The van der Waals surface area contributed by atoms with Gasteiger partial charge in [-0.1, -0.05) is 41.4 Å². The van der Waals surface area contributed by atoms with Crippen LogP contribution >= 0.6 is 23.2 Å². The van der Waals surface area contributed by atoms with Crippen molar-refractivity contribution in [3.63, 3.8) is 0 Å². The quantitative estimate of drug-likeness (QED) is 0.489. The van der Waals surface area contributed by atoms with Crippen LogP contribution in [0.1, 0.15) is 5.56 Å². The number of nitrogens with one attached hydrogen (secondary N) is 1. The Morgan fingerprint density at radius 1 is 1.18 bits per heavy atom. The molecule has 0 aliphatic carbocycles. The lowest BCUT2D eigenvalue weighted by atomic mass is 10.1. The van der Waals surface area contributed by atoms with Gasteiger partial charge in [0, 0.05) is 28.4 Å². The van der Waals surface area contributed by atoms with Crippen LogP contribution in [0.5, 0.6) is 0 Å². The van der Waals surface area contributed by atoms with Crippen LogP contribution < -0.4 is 11.1 Å². The van der Waals surface area contributed by atoms with E-state index >= 15 is 0 Å². The molecule has 1 heterocycles. The fourth-order valence-electron chi connectivity index (χ4n) is 2.77. The van der Waals surface area contributed by atoms with E-state index in [4.69, 9.17) is 28.9 Å².